The van der Waals surface area contributed by atoms with Gasteiger partial charge in [0.05, 0.1) is 17.1 Å². The SMILES string of the molecule is Cc1ccc(N)c(Nc2cc(C)ccc2Br)c1. The van der Waals surface area contributed by atoms with Crippen LogP contribution in [-0.4, -0.2) is 0 Å². The van der Waals surface area contributed by atoms with E-state index in [9.17, 15) is 0 Å². The first-order valence-electron chi connectivity index (χ1n) is 5.45. The van der Waals surface area contributed by atoms with Crippen LogP contribution < -0.4 is 11.1 Å². The maximum atomic E-state index is 5.95. The monoisotopic (exact) mass is 290 g/mol. The molecule has 0 fully saturated rings. The van der Waals surface area contributed by atoms with Crippen molar-refractivity contribution in [2.24, 2.45) is 0 Å². The van der Waals surface area contributed by atoms with E-state index < -0.39 is 0 Å². The molecule has 0 aliphatic heterocycles. The molecule has 0 saturated carbocycles. The molecule has 0 bridgehead atoms. The van der Waals surface area contributed by atoms with Crippen LogP contribution in [0, 0.1) is 13.8 Å². The van der Waals surface area contributed by atoms with E-state index in [1.54, 1.807) is 0 Å². The zero-order chi connectivity index (χ0) is 12.4. The second-order valence-corrected chi connectivity index (χ2v) is 5.05. The van der Waals surface area contributed by atoms with Crippen molar-refractivity contribution in [1.29, 1.82) is 0 Å². The first kappa shape index (κ1) is 12.0. The largest absolute Gasteiger partial charge is 0.397 e. The van der Waals surface area contributed by atoms with Crippen LogP contribution in [0.25, 0.3) is 0 Å². The fraction of sp³-hybridized carbons (Fsp3) is 0.143. The number of halogens is 1. The van der Waals surface area contributed by atoms with Crippen LogP contribution in [0.15, 0.2) is 40.9 Å². The van der Waals surface area contributed by atoms with E-state index >= 15 is 0 Å². The van der Waals surface area contributed by atoms with Crippen molar-refractivity contribution in [3.8, 4) is 0 Å². The molecule has 3 N–H and O–H groups in total. The summed E-state index contributed by atoms with van der Waals surface area (Å²) in [5.41, 5.74) is 11.1. The van der Waals surface area contributed by atoms with Gasteiger partial charge in [-0.2, -0.15) is 0 Å². The molecule has 2 aromatic carbocycles. The van der Waals surface area contributed by atoms with Crippen molar-refractivity contribution in [3.63, 3.8) is 0 Å². The van der Waals surface area contributed by atoms with Gasteiger partial charge in [-0.1, -0.05) is 12.1 Å². The fourth-order valence-electron chi connectivity index (χ4n) is 1.66. The van der Waals surface area contributed by atoms with Crippen LogP contribution in [0.2, 0.25) is 0 Å². The molecule has 0 saturated heterocycles. The van der Waals surface area contributed by atoms with Gasteiger partial charge < -0.3 is 11.1 Å². The Morgan fingerprint density at radius 3 is 2.24 bits per heavy atom. The maximum Gasteiger partial charge on any atom is 0.0620 e. The number of anilines is 3. The second-order valence-electron chi connectivity index (χ2n) is 4.20. The molecular formula is C14H15BrN2. The summed E-state index contributed by atoms with van der Waals surface area (Å²) in [4.78, 5) is 0. The summed E-state index contributed by atoms with van der Waals surface area (Å²) in [6.45, 7) is 4.12. The average Bonchev–Trinajstić information content (AvgIpc) is 2.28. The molecule has 0 heterocycles. The van der Waals surface area contributed by atoms with Gasteiger partial charge in [0.1, 0.15) is 0 Å². The summed E-state index contributed by atoms with van der Waals surface area (Å²) in [6.07, 6.45) is 0. The van der Waals surface area contributed by atoms with Gasteiger partial charge in [0, 0.05) is 4.47 Å². The lowest BCUT2D eigenvalue weighted by Gasteiger charge is -2.12. The van der Waals surface area contributed by atoms with E-state index in [0.717, 1.165) is 21.5 Å². The molecule has 17 heavy (non-hydrogen) atoms. The zero-order valence-electron chi connectivity index (χ0n) is 9.92. The molecule has 0 atom stereocenters. The Bertz CT molecular complexity index is 500. The smallest absolute Gasteiger partial charge is 0.0620 e. The molecule has 0 aromatic heterocycles. The number of hydrogen-bond donors (Lipinski definition) is 2. The van der Waals surface area contributed by atoms with E-state index in [1.165, 1.54) is 11.1 Å². The molecular weight excluding hydrogens is 276 g/mol. The Labute approximate surface area is 110 Å². The first-order valence-corrected chi connectivity index (χ1v) is 6.25. The quantitative estimate of drug-likeness (QED) is 0.805. The van der Waals surface area contributed by atoms with Gasteiger partial charge >= 0.3 is 0 Å². The minimum atomic E-state index is 0.754. The van der Waals surface area contributed by atoms with Gasteiger partial charge in [-0.25, -0.2) is 0 Å². The number of nitrogens with two attached hydrogens (primary N) is 1. The normalized spacial score (nSPS) is 10.3. The number of nitrogen functional groups attached to an aromatic ring is 1. The Balaban J connectivity index is 2.37. The van der Waals surface area contributed by atoms with Crippen LogP contribution in [-0.2, 0) is 0 Å². The lowest BCUT2D eigenvalue weighted by molar-refractivity contribution is 1.41. The first-order chi connectivity index (χ1) is 8.06. The minimum absolute atomic E-state index is 0.754. The van der Waals surface area contributed by atoms with Crippen LogP contribution in [0.4, 0.5) is 17.1 Å². The van der Waals surface area contributed by atoms with Gasteiger partial charge in [-0.3, -0.25) is 0 Å². The van der Waals surface area contributed by atoms with Crippen LogP contribution in [0.3, 0.4) is 0 Å². The predicted molar refractivity (Wildman–Crippen MR) is 77.8 cm³/mol. The van der Waals surface area contributed by atoms with Crippen molar-refractivity contribution in [1.82, 2.24) is 0 Å². The zero-order valence-corrected chi connectivity index (χ0v) is 11.5. The average molecular weight is 291 g/mol. The maximum absolute atomic E-state index is 5.95. The third-order valence-corrected chi connectivity index (χ3v) is 3.29. The Morgan fingerprint density at radius 1 is 0.941 bits per heavy atom. The molecule has 2 nitrogen and oxygen atoms in total. The van der Waals surface area contributed by atoms with Crippen LogP contribution in [0.1, 0.15) is 11.1 Å². The summed E-state index contributed by atoms with van der Waals surface area (Å²) in [7, 11) is 0. The highest BCUT2D eigenvalue weighted by molar-refractivity contribution is 9.10. The van der Waals surface area contributed by atoms with E-state index in [2.05, 4.69) is 47.2 Å². The molecule has 2 aromatic rings. The van der Waals surface area contributed by atoms with E-state index in [-0.39, 0.29) is 0 Å². The van der Waals surface area contributed by atoms with Gasteiger partial charge in [0.25, 0.3) is 0 Å². The molecule has 0 radical (unpaired) electrons. The lowest BCUT2D eigenvalue weighted by Crippen LogP contribution is -1.97. The summed E-state index contributed by atoms with van der Waals surface area (Å²) in [6, 6.07) is 12.2. The van der Waals surface area contributed by atoms with Crippen molar-refractivity contribution in [2.45, 2.75) is 13.8 Å². The minimum Gasteiger partial charge on any atom is -0.397 e. The van der Waals surface area contributed by atoms with Crippen LogP contribution in [0.5, 0.6) is 0 Å². The Morgan fingerprint density at radius 2 is 1.53 bits per heavy atom. The van der Waals surface area contributed by atoms with Crippen molar-refractivity contribution in [2.75, 3.05) is 11.1 Å². The summed E-state index contributed by atoms with van der Waals surface area (Å²) >= 11 is 3.53. The van der Waals surface area contributed by atoms with Gasteiger partial charge in [0.15, 0.2) is 0 Å². The molecule has 0 aliphatic carbocycles. The van der Waals surface area contributed by atoms with Crippen LogP contribution >= 0.6 is 15.9 Å². The number of rotatable bonds is 2. The van der Waals surface area contributed by atoms with Crippen molar-refractivity contribution >= 4 is 33.0 Å². The van der Waals surface area contributed by atoms with E-state index in [1.807, 2.05) is 24.3 Å². The highest BCUT2D eigenvalue weighted by Crippen LogP contribution is 2.29. The third-order valence-electron chi connectivity index (χ3n) is 2.60. The fourth-order valence-corrected chi connectivity index (χ4v) is 2.00. The number of aryl methyl sites for hydroxylation is 2. The molecule has 2 rings (SSSR count). The van der Waals surface area contributed by atoms with Gasteiger partial charge in [-0.05, 0) is 65.2 Å². The predicted octanol–water partition coefficient (Wildman–Crippen LogP) is 4.39. The lowest BCUT2D eigenvalue weighted by atomic mass is 10.1. The van der Waals surface area contributed by atoms with Crippen molar-refractivity contribution < 1.29 is 0 Å². The standard InChI is InChI=1S/C14H15BrN2/c1-9-3-5-11(15)13(7-9)17-14-8-10(2)4-6-12(14)16/h3-8,17H,16H2,1-2H3. The van der Waals surface area contributed by atoms with E-state index in [0.29, 0.717) is 0 Å². The molecule has 0 amide bonds. The molecule has 0 spiro atoms. The topological polar surface area (TPSA) is 38.0 Å². The number of hydrogen-bond acceptors (Lipinski definition) is 2. The highest BCUT2D eigenvalue weighted by Gasteiger charge is 2.03. The second kappa shape index (κ2) is 4.80. The van der Waals surface area contributed by atoms with Crippen molar-refractivity contribution in [3.05, 3.63) is 52.0 Å². The number of benzene rings is 2. The van der Waals surface area contributed by atoms with Gasteiger partial charge in [0.2, 0.25) is 0 Å². The summed E-state index contributed by atoms with van der Waals surface area (Å²) in [5, 5.41) is 3.35. The molecule has 0 aliphatic rings. The highest BCUT2D eigenvalue weighted by atomic mass is 79.9. The Hall–Kier alpha value is -1.48. The molecule has 88 valence electrons. The van der Waals surface area contributed by atoms with E-state index in [4.69, 9.17) is 5.73 Å². The summed E-state index contributed by atoms with van der Waals surface area (Å²) in [5.74, 6) is 0. The summed E-state index contributed by atoms with van der Waals surface area (Å²) < 4.78 is 1.03. The number of nitrogens with one attached hydrogen (secondary N) is 1. The molecule has 3 heteroatoms. The Kier molecular flexibility index (Phi) is 3.38. The van der Waals surface area contributed by atoms with Gasteiger partial charge in [-0.15, -0.1) is 0 Å². The third kappa shape index (κ3) is 2.80. The molecule has 0 unspecified atom stereocenters.